The van der Waals surface area contributed by atoms with E-state index >= 15 is 0 Å². The Labute approximate surface area is 127 Å². The van der Waals surface area contributed by atoms with E-state index in [2.05, 4.69) is 55.3 Å². The highest BCUT2D eigenvalue weighted by atomic mass is 16.2. The zero-order valence-electron chi connectivity index (χ0n) is 13.4. The van der Waals surface area contributed by atoms with Crippen molar-refractivity contribution in [1.29, 1.82) is 0 Å². The molecule has 114 valence electrons. The molecule has 0 spiro atoms. The van der Waals surface area contributed by atoms with Crippen molar-refractivity contribution in [2.24, 2.45) is 5.92 Å². The quantitative estimate of drug-likeness (QED) is 0.923. The molecule has 1 aromatic carbocycles. The summed E-state index contributed by atoms with van der Waals surface area (Å²) in [5.41, 5.74) is 2.89. The molecule has 0 bridgehead atoms. The predicted octanol–water partition coefficient (Wildman–Crippen LogP) is 2.69. The fourth-order valence-corrected chi connectivity index (χ4v) is 3.59. The number of hydrogen-bond donors (Lipinski definition) is 1. The Hall–Kier alpha value is -1.35. The van der Waals surface area contributed by atoms with Crippen molar-refractivity contribution >= 4 is 5.91 Å². The predicted molar refractivity (Wildman–Crippen MR) is 85.1 cm³/mol. The van der Waals surface area contributed by atoms with Gasteiger partial charge in [-0.15, -0.1) is 0 Å². The van der Waals surface area contributed by atoms with Crippen LogP contribution in [0.5, 0.6) is 0 Å². The molecule has 3 rings (SSSR count). The normalized spacial score (nSPS) is 22.4. The lowest BCUT2D eigenvalue weighted by Gasteiger charge is -2.39. The zero-order chi connectivity index (χ0) is 15.0. The van der Waals surface area contributed by atoms with E-state index in [1.807, 2.05) is 0 Å². The van der Waals surface area contributed by atoms with Gasteiger partial charge in [-0.25, -0.2) is 0 Å². The summed E-state index contributed by atoms with van der Waals surface area (Å²) >= 11 is 0. The molecule has 1 saturated carbocycles. The number of benzene rings is 1. The summed E-state index contributed by atoms with van der Waals surface area (Å²) in [5, 5.41) is 3.16. The van der Waals surface area contributed by atoms with Gasteiger partial charge in [0.15, 0.2) is 0 Å². The molecule has 1 aliphatic carbocycles. The van der Waals surface area contributed by atoms with E-state index < -0.39 is 0 Å². The number of rotatable bonds is 4. The standard InChI is InChI=1S/C18H26N2O/c1-13(14-8-9-14)19-17(21)11-20-10-15-6-4-5-7-16(15)18(2,3)12-20/h4-7,13-14H,8-12H2,1-3H3,(H,19,21)/t13-/m1/s1. The van der Waals surface area contributed by atoms with E-state index in [-0.39, 0.29) is 11.3 Å². The van der Waals surface area contributed by atoms with Crippen LogP contribution in [-0.4, -0.2) is 29.9 Å². The van der Waals surface area contributed by atoms with Crippen LogP contribution < -0.4 is 5.32 Å². The van der Waals surface area contributed by atoms with Crippen LogP contribution in [0.25, 0.3) is 0 Å². The molecule has 1 fully saturated rings. The van der Waals surface area contributed by atoms with Crippen LogP contribution in [0.2, 0.25) is 0 Å². The van der Waals surface area contributed by atoms with E-state index in [1.54, 1.807) is 0 Å². The van der Waals surface area contributed by atoms with E-state index in [0.717, 1.165) is 13.1 Å². The first-order valence-electron chi connectivity index (χ1n) is 8.06. The lowest BCUT2D eigenvalue weighted by molar-refractivity contribution is -0.123. The van der Waals surface area contributed by atoms with Crippen LogP contribution in [0.15, 0.2) is 24.3 Å². The lowest BCUT2D eigenvalue weighted by Crippen LogP contribution is -2.47. The molecule has 1 atom stereocenters. The second kappa shape index (κ2) is 5.45. The maximum Gasteiger partial charge on any atom is 0.234 e. The molecule has 0 aromatic heterocycles. The van der Waals surface area contributed by atoms with Gasteiger partial charge in [-0.2, -0.15) is 0 Å². The average molecular weight is 286 g/mol. The van der Waals surface area contributed by atoms with Gasteiger partial charge in [-0.05, 0) is 36.8 Å². The highest BCUT2D eigenvalue weighted by molar-refractivity contribution is 5.78. The highest BCUT2D eigenvalue weighted by Crippen LogP contribution is 2.33. The van der Waals surface area contributed by atoms with Gasteiger partial charge in [0.05, 0.1) is 6.54 Å². The zero-order valence-corrected chi connectivity index (χ0v) is 13.4. The maximum atomic E-state index is 12.2. The Bertz CT molecular complexity index is 534. The minimum Gasteiger partial charge on any atom is -0.352 e. The monoisotopic (exact) mass is 286 g/mol. The van der Waals surface area contributed by atoms with E-state index in [0.29, 0.717) is 18.5 Å². The Morgan fingerprint density at radius 3 is 2.81 bits per heavy atom. The van der Waals surface area contributed by atoms with Gasteiger partial charge >= 0.3 is 0 Å². The molecule has 1 amide bonds. The average Bonchev–Trinajstić information content (AvgIpc) is 3.21. The molecule has 1 aliphatic heterocycles. The van der Waals surface area contributed by atoms with Gasteiger partial charge in [-0.3, -0.25) is 9.69 Å². The number of fused-ring (bicyclic) bond motifs is 1. The summed E-state index contributed by atoms with van der Waals surface area (Å²) in [6, 6.07) is 8.95. The van der Waals surface area contributed by atoms with Crippen molar-refractivity contribution in [2.75, 3.05) is 13.1 Å². The summed E-state index contributed by atoms with van der Waals surface area (Å²) in [7, 11) is 0. The summed E-state index contributed by atoms with van der Waals surface area (Å²) in [5.74, 6) is 0.886. The summed E-state index contributed by atoms with van der Waals surface area (Å²) in [6.07, 6.45) is 2.54. The highest BCUT2D eigenvalue weighted by Gasteiger charge is 2.33. The van der Waals surface area contributed by atoms with E-state index in [9.17, 15) is 4.79 Å². The van der Waals surface area contributed by atoms with Crippen molar-refractivity contribution in [2.45, 2.75) is 51.6 Å². The molecule has 0 saturated heterocycles. The van der Waals surface area contributed by atoms with Crippen LogP contribution in [0.3, 0.4) is 0 Å². The summed E-state index contributed by atoms with van der Waals surface area (Å²) in [6.45, 7) is 8.99. The smallest absolute Gasteiger partial charge is 0.234 e. The van der Waals surface area contributed by atoms with Gasteiger partial charge in [0.1, 0.15) is 0 Å². The van der Waals surface area contributed by atoms with Gasteiger partial charge in [-0.1, -0.05) is 38.1 Å². The Morgan fingerprint density at radius 2 is 2.10 bits per heavy atom. The van der Waals surface area contributed by atoms with E-state index in [4.69, 9.17) is 0 Å². The molecule has 1 aromatic rings. The number of carbonyl (C=O) groups is 1. The second-order valence-corrected chi connectivity index (χ2v) is 7.38. The molecule has 3 heteroatoms. The molecule has 2 aliphatic rings. The second-order valence-electron chi connectivity index (χ2n) is 7.38. The first kappa shape index (κ1) is 14.6. The molecular formula is C18H26N2O. The van der Waals surface area contributed by atoms with Crippen molar-refractivity contribution in [3.05, 3.63) is 35.4 Å². The third kappa shape index (κ3) is 3.29. The third-order valence-electron chi connectivity index (χ3n) is 4.84. The van der Waals surface area contributed by atoms with E-state index in [1.165, 1.54) is 24.0 Å². The fourth-order valence-electron chi connectivity index (χ4n) is 3.59. The van der Waals surface area contributed by atoms with Gasteiger partial charge in [0.2, 0.25) is 5.91 Å². The molecular weight excluding hydrogens is 260 g/mol. The molecule has 0 unspecified atom stereocenters. The summed E-state index contributed by atoms with van der Waals surface area (Å²) in [4.78, 5) is 14.5. The van der Waals surface area contributed by atoms with Gasteiger partial charge < -0.3 is 5.32 Å². The fraction of sp³-hybridized carbons (Fsp3) is 0.611. The number of carbonyl (C=O) groups excluding carboxylic acids is 1. The number of hydrogen-bond acceptors (Lipinski definition) is 2. The third-order valence-corrected chi connectivity index (χ3v) is 4.84. The first-order chi connectivity index (χ1) is 9.95. The first-order valence-corrected chi connectivity index (χ1v) is 8.06. The van der Waals surface area contributed by atoms with Crippen molar-refractivity contribution < 1.29 is 4.79 Å². The minimum absolute atomic E-state index is 0.108. The Balaban J connectivity index is 1.63. The van der Waals surface area contributed by atoms with Crippen molar-refractivity contribution in [1.82, 2.24) is 10.2 Å². The topological polar surface area (TPSA) is 32.3 Å². The van der Waals surface area contributed by atoms with Crippen LogP contribution >= 0.6 is 0 Å². The van der Waals surface area contributed by atoms with Crippen LogP contribution in [0.4, 0.5) is 0 Å². The maximum absolute atomic E-state index is 12.2. The Kier molecular flexibility index (Phi) is 3.78. The Morgan fingerprint density at radius 1 is 1.38 bits per heavy atom. The molecule has 3 nitrogen and oxygen atoms in total. The van der Waals surface area contributed by atoms with Gasteiger partial charge in [0.25, 0.3) is 0 Å². The lowest BCUT2D eigenvalue weighted by atomic mass is 9.78. The molecule has 0 radical (unpaired) electrons. The molecule has 21 heavy (non-hydrogen) atoms. The SMILES string of the molecule is C[C@@H](NC(=O)CN1Cc2ccccc2C(C)(C)C1)C1CC1. The number of amides is 1. The van der Waals surface area contributed by atoms with Crippen molar-refractivity contribution in [3.63, 3.8) is 0 Å². The van der Waals surface area contributed by atoms with Crippen LogP contribution in [-0.2, 0) is 16.8 Å². The number of nitrogens with one attached hydrogen (secondary N) is 1. The van der Waals surface area contributed by atoms with Crippen LogP contribution in [0, 0.1) is 5.92 Å². The van der Waals surface area contributed by atoms with Crippen LogP contribution in [0.1, 0.15) is 44.7 Å². The molecule has 1 heterocycles. The van der Waals surface area contributed by atoms with Crippen molar-refractivity contribution in [3.8, 4) is 0 Å². The van der Waals surface area contributed by atoms with Gasteiger partial charge in [0, 0.05) is 24.5 Å². The largest absolute Gasteiger partial charge is 0.352 e. The summed E-state index contributed by atoms with van der Waals surface area (Å²) < 4.78 is 0. The minimum atomic E-state index is 0.108. The molecule has 1 N–H and O–H groups in total. The number of nitrogens with zero attached hydrogens (tertiary/aromatic N) is 1.